The van der Waals surface area contributed by atoms with Gasteiger partial charge >= 0.3 is 5.97 Å². The van der Waals surface area contributed by atoms with Crippen molar-refractivity contribution in [3.63, 3.8) is 0 Å². The smallest absolute Gasteiger partial charge is 0.310 e. The molecule has 5 nitrogen and oxygen atoms in total. The van der Waals surface area contributed by atoms with Crippen molar-refractivity contribution in [2.75, 3.05) is 6.54 Å². The number of rotatable bonds is 5. The van der Waals surface area contributed by atoms with Crippen molar-refractivity contribution < 1.29 is 19.5 Å². The Morgan fingerprint density at radius 1 is 0.976 bits per heavy atom. The van der Waals surface area contributed by atoms with E-state index < -0.39 is 22.7 Å². The largest absolute Gasteiger partial charge is 0.481 e. The van der Waals surface area contributed by atoms with Gasteiger partial charge in [0.05, 0.1) is 11.3 Å². The summed E-state index contributed by atoms with van der Waals surface area (Å²) in [5.74, 6) is -0.0683. The fourth-order valence-electron chi connectivity index (χ4n) is 11.4. The standard InChI is InChI=1S/C36H57NO4/c1-10-22(2)21-37-29(39)23-19-33(7)26(32(5,6)28(23)38)13-14-35(9)27(33)12-11-24-25-20-31(3,4)15-17-36(25,30(40)41)18-16-34(24,35)8/h11,22-23,25-27H,10,12-21H2,1-9H3,(H,37,39)(H,40,41)/t22?,23?,25?,26?,27?,33-,34+,35+,36-/m0/s1. The van der Waals surface area contributed by atoms with Crippen molar-refractivity contribution >= 4 is 17.7 Å². The maximum atomic E-state index is 13.9. The molecule has 0 aromatic heterocycles. The molecule has 0 aromatic carbocycles. The highest BCUT2D eigenvalue weighted by Gasteiger charge is 2.70. The van der Waals surface area contributed by atoms with Gasteiger partial charge in [-0.05, 0) is 103 Å². The van der Waals surface area contributed by atoms with E-state index in [4.69, 9.17) is 0 Å². The lowest BCUT2D eigenvalue weighted by Crippen LogP contribution is -2.66. The Balaban J connectivity index is 1.54. The fourth-order valence-corrected chi connectivity index (χ4v) is 11.4. The third-order valence-electron chi connectivity index (χ3n) is 14.4. The SMILES string of the molecule is CCC(C)CNC(=O)C1C[C@@]2(C)C(CC[C@]3(C)C2CC=C2C4CC(C)(C)CC[C@]4(C(=O)O)CC[C@]23C)C(C)(C)C1=O. The van der Waals surface area contributed by atoms with Gasteiger partial charge < -0.3 is 10.4 Å². The van der Waals surface area contributed by atoms with E-state index >= 15 is 0 Å². The molecule has 0 aliphatic heterocycles. The van der Waals surface area contributed by atoms with Crippen LogP contribution in [0.3, 0.4) is 0 Å². The maximum Gasteiger partial charge on any atom is 0.310 e. The fraction of sp³-hybridized carbons (Fsp3) is 0.861. The molecule has 2 N–H and O–H groups in total. The van der Waals surface area contributed by atoms with Crippen LogP contribution in [0.1, 0.15) is 127 Å². The second-order valence-electron chi connectivity index (χ2n) is 17.3. The van der Waals surface area contributed by atoms with E-state index in [-0.39, 0.29) is 45.2 Å². The molecule has 5 aliphatic carbocycles. The predicted octanol–water partition coefficient (Wildman–Crippen LogP) is 7.83. The first-order valence-electron chi connectivity index (χ1n) is 16.7. The number of fused-ring (bicyclic) bond motifs is 7. The van der Waals surface area contributed by atoms with Gasteiger partial charge in [-0.15, -0.1) is 0 Å². The van der Waals surface area contributed by atoms with Gasteiger partial charge in [-0.1, -0.05) is 80.4 Å². The van der Waals surface area contributed by atoms with Crippen molar-refractivity contribution in [1.82, 2.24) is 5.32 Å². The summed E-state index contributed by atoms with van der Waals surface area (Å²) >= 11 is 0. The van der Waals surface area contributed by atoms with Crippen molar-refractivity contribution in [1.29, 1.82) is 0 Å². The number of hydrogen-bond donors (Lipinski definition) is 2. The number of aliphatic carboxylic acids is 1. The summed E-state index contributed by atoms with van der Waals surface area (Å²) in [6.45, 7) is 21.1. The van der Waals surface area contributed by atoms with Crippen molar-refractivity contribution in [3.8, 4) is 0 Å². The summed E-state index contributed by atoms with van der Waals surface area (Å²) in [5, 5.41) is 13.8. The lowest BCUT2D eigenvalue weighted by atomic mass is 9.33. The Hall–Kier alpha value is -1.65. The monoisotopic (exact) mass is 567 g/mol. The molecule has 4 fully saturated rings. The van der Waals surface area contributed by atoms with Gasteiger partial charge in [-0.2, -0.15) is 0 Å². The average Bonchev–Trinajstić information content (AvgIpc) is 2.89. The molecule has 0 heterocycles. The quantitative estimate of drug-likeness (QED) is 0.262. The Kier molecular flexibility index (Phi) is 7.27. The molecule has 0 saturated heterocycles. The Morgan fingerprint density at radius 2 is 1.63 bits per heavy atom. The van der Waals surface area contributed by atoms with E-state index in [1.54, 1.807) is 0 Å². The number of ketones is 1. The molecule has 0 bridgehead atoms. The van der Waals surface area contributed by atoms with Gasteiger partial charge in [0.15, 0.2) is 5.78 Å². The molecule has 0 spiro atoms. The minimum absolute atomic E-state index is 0.00278. The van der Waals surface area contributed by atoms with Gasteiger partial charge in [0.2, 0.25) is 5.91 Å². The van der Waals surface area contributed by atoms with Crippen LogP contribution < -0.4 is 5.32 Å². The number of amides is 1. The molecule has 1 amide bonds. The molecule has 230 valence electrons. The predicted molar refractivity (Wildman–Crippen MR) is 163 cm³/mol. The highest BCUT2D eigenvalue weighted by atomic mass is 16.4. The van der Waals surface area contributed by atoms with E-state index in [2.05, 4.69) is 73.7 Å². The van der Waals surface area contributed by atoms with E-state index in [9.17, 15) is 19.5 Å². The zero-order valence-corrected chi connectivity index (χ0v) is 27.4. The first kappa shape index (κ1) is 30.8. The zero-order valence-electron chi connectivity index (χ0n) is 27.4. The summed E-state index contributed by atoms with van der Waals surface area (Å²) in [7, 11) is 0. The number of carboxylic acids is 1. The van der Waals surface area contributed by atoms with E-state index in [0.29, 0.717) is 24.8 Å². The molecule has 41 heavy (non-hydrogen) atoms. The molecule has 4 saturated carbocycles. The normalized spacial score (nSPS) is 45.2. The van der Waals surface area contributed by atoms with Crippen LogP contribution in [0.4, 0.5) is 0 Å². The summed E-state index contributed by atoms with van der Waals surface area (Å²) in [4.78, 5) is 40.4. The van der Waals surface area contributed by atoms with Gasteiger partial charge in [0.1, 0.15) is 0 Å². The van der Waals surface area contributed by atoms with Crippen molar-refractivity contribution in [3.05, 3.63) is 11.6 Å². The zero-order chi connectivity index (χ0) is 30.4. The second-order valence-corrected chi connectivity index (χ2v) is 17.3. The molecular weight excluding hydrogens is 510 g/mol. The van der Waals surface area contributed by atoms with Crippen LogP contribution in [0.15, 0.2) is 11.6 Å². The van der Waals surface area contributed by atoms with Gasteiger partial charge in [-0.25, -0.2) is 0 Å². The highest BCUT2D eigenvalue weighted by molar-refractivity contribution is 6.04. The number of nitrogens with one attached hydrogen (secondary N) is 1. The van der Waals surface area contributed by atoms with E-state index in [1.165, 1.54) is 5.57 Å². The van der Waals surface area contributed by atoms with Crippen LogP contribution in [-0.4, -0.2) is 29.3 Å². The number of carbonyl (C=O) groups excluding carboxylic acids is 2. The van der Waals surface area contributed by atoms with E-state index in [1.807, 2.05) is 0 Å². The van der Waals surface area contributed by atoms with Crippen LogP contribution in [0.25, 0.3) is 0 Å². The third-order valence-corrected chi connectivity index (χ3v) is 14.4. The Bertz CT molecular complexity index is 1150. The highest BCUT2D eigenvalue weighted by Crippen LogP contribution is 2.75. The lowest BCUT2D eigenvalue weighted by molar-refractivity contribution is -0.195. The topological polar surface area (TPSA) is 83.5 Å². The van der Waals surface area contributed by atoms with Crippen LogP contribution in [0.5, 0.6) is 0 Å². The van der Waals surface area contributed by atoms with Crippen LogP contribution in [0.2, 0.25) is 0 Å². The minimum atomic E-state index is -0.636. The summed E-state index contributed by atoms with van der Waals surface area (Å²) in [5.41, 5.74) is 0.186. The molecule has 0 radical (unpaired) electrons. The van der Waals surface area contributed by atoms with Crippen molar-refractivity contribution in [2.24, 2.45) is 62.1 Å². The van der Waals surface area contributed by atoms with Crippen molar-refractivity contribution in [2.45, 2.75) is 127 Å². The van der Waals surface area contributed by atoms with Gasteiger partial charge in [0, 0.05) is 12.0 Å². The molecule has 5 aliphatic rings. The Labute approximate surface area is 249 Å². The third kappa shape index (κ3) is 4.24. The van der Waals surface area contributed by atoms with Crippen LogP contribution in [0, 0.1) is 62.1 Å². The average molecular weight is 568 g/mol. The van der Waals surface area contributed by atoms with Crippen LogP contribution >= 0.6 is 0 Å². The molecule has 5 heteroatoms. The molecule has 5 unspecified atom stereocenters. The van der Waals surface area contributed by atoms with E-state index in [0.717, 1.165) is 57.8 Å². The lowest BCUT2D eigenvalue weighted by Gasteiger charge is -2.70. The van der Waals surface area contributed by atoms with Gasteiger partial charge in [0.25, 0.3) is 0 Å². The summed E-state index contributed by atoms with van der Waals surface area (Å²) in [6, 6.07) is 0. The number of carbonyl (C=O) groups is 3. The second kappa shape index (κ2) is 9.68. The molecule has 9 atom stereocenters. The number of hydrogen-bond acceptors (Lipinski definition) is 3. The molecule has 5 rings (SSSR count). The number of carboxylic acid groups (broad SMARTS) is 1. The number of Topliss-reactive ketones (excluding diaryl/α,β-unsaturated/α-hetero) is 1. The molecular formula is C36H57NO4. The Morgan fingerprint density at radius 3 is 2.27 bits per heavy atom. The van der Waals surface area contributed by atoms with Gasteiger partial charge in [-0.3, -0.25) is 14.4 Å². The first-order chi connectivity index (χ1) is 18.9. The van der Waals surface area contributed by atoms with Crippen LogP contribution in [-0.2, 0) is 14.4 Å². The molecule has 0 aromatic rings. The summed E-state index contributed by atoms with van der Waals surface area (Å²) in [6.07, 6.45) is 11.4. The summed E-state index contributed by atoms with van der Waals surface area (Å²) < 4.78 is 0. The minimum Gasteiger partial charge on any atom is -0.481 e. The number of allylic oxidation sites excluding steroid dienone is 2. The maximum absolute atomic E-state index is 13.9. The first-order valence-corrected chi connectivity index (χ1v) is 16.7.